The second kappa shape index (κ2) is 6.04. The summed E-state index contributed by atoms with van der Waals surface area (Å²) < 4.78 is 16.5. The first-order valence-electron chi connectivity index (χ1n) is 7.84. The van der Waals surface area contributed by atoms with Crippen molar-refractivity contribution in [2.45, 2.75) is 18.3 Å². The fourth-order valence-electron chi connectivity index (χ4n) is 3.21. The molecule has 0 saturated carbocycles. The number of nitrogens with zero attached hydrogens (tertiary/aromatic N) is 2. The Labute approximate surface area is 134 Å². The van der Waals surface area contributed by atoms with Crippen LogP contribution in [-0.2, 0) is 10.2 Å². The smallest absolute Gasteiger partial charge is 0.231 e. The van der Waals surface area contributed by atoms with Crippen LogP contribution in [0.1, 0.15) is 18.4 Å². The van der Waals surface area contributed by atoms with Crippen LogP contribution in [0.5, 0.6) is 11.5 Å². The topological polar surface area (TPSA) is 65.5 Å². The Bertz CT molecular complexity index is 672. The number of ether oxygens (including phenoxy) is 3. The lowest BCUT2D eigenvalue weighted by Gasteiger charge is -2.38. The van der Waals surface area contributed by atoms with E-state index in [-0.39, 0.29) is 5.41 Å². The third-order valence-corrected chi connectivity index (χ3v) is 4.61. The van der Waals surface area contributed by atoms with Crippen molar-refractivity contribution in [1.29, 1.82) is 0 Å². The standard InChI is InChI=1S/C17H19N3O3/c1-2-14-15(23-12-22-14)9-13(1)17(3-7-21-8-4-17)11-20-16-10-18-5-6-19-16/h1-2,5-6,9-10H,3-4,7-8,11-12H2,(H,19,20). The molecular formula is C17H19N3O3. The number of benzene rings is 1. The molecule has 0 bridgehead atoms. The van der Waals surface area contributed by atoms with E-state index < -0.39 is 0 Å². The number of hydrogen-bond donors (Lipinski definition) is 1. The molecule has 3 heterocycles. The third kappa shape index (κ3) is 2.82. The van der Waals surface area contributed by atoms with E-state index in [2.05, 4.69) is 27.4 Å². The highest BCUT2D eigenvalue weighted by Crippen LogP contribution is 2.40. The molecule has 1 N–H and O–H groups in total. The predicted octanol–water partition coefficient (Wildman–Crippen LogP) is 2.37. The second-order valence-corrected chi connectivity index (χ2v) is 5.90. The van der Waals surface area contributed by atoms with Crippen LogP contribution >= 0.6 is 0 Å². The number of rotatable bonds is 4. The molecule has 23 heavy (non-hydrogen) atoms. The van der Waals surface area contributed by atoms with E-state index in [0.29, 0.717) is 6.79 Å². The van der Waals surface area contributed by atoms with E-state index in [4.69, 9.17) is 14.2 Å². The Morgan fingerprint density at radius 1 is 1.09 bits per heavy atom. The monoisotopic (exact) mass is 313 g/mol. The fraction of sp³-hybridized carbons (Fsp3) is 0.412. The average molecular weight is 313 g/mol. The van der Waals surface area contributed by atoms with Crippen LogP contribution in [0.3, 0.4) is 0 Å². The zero-order valence-electron chi connectivity index (χ0n) is 12.8. The molecule has 1 saturated heterocycles. The highest BCUT2D eigenvalue weighted by molar-refractivity contribution is 5.47. The van der Waals surface area contributed by atoms with Crippen molar-refractivity contribution in [3.8, 4) is 11.5 Å². The predicted molar refractivity (Wildman–Crippen MR) is 84.8 cm³/mol. The highest BCUT2D eigenvalue weighted by atomic mass is 16.7. The summed E-state index contributed by atoms with van der Waals surface area (Å²) in [4.78, 5) is 8.40. The maximum Gasteiger partial charge on any atom is 0.231 e. The molecule has 2 aliphatic rings. The number of fused-ring (bicyclic) bond motifs is 1. The van der Waals surface area contributed by atoms with Crippen LogP contribution in [0.25, 0.3) is 0 Å². The van der Waals surface area contributed by atoms with Gasteiger partial charge in [-0.25, -0.2) is 4.98 Å². The molecule has 0 radical (unpaired) electrons. The van der Waals surface area contributed by atoms with Gasteiger partial charge in [0.1, 0.15) is 5.82 Å². The lowest BCUT2D eigenvalue weighted by Crippen LogP contribution is -2.40. The van der Waals surface area contributed by atoms with Crippen LogP contribution in [0.15, 0.2) is 36.8 Å². The SMILES string of the molecule is c1cnc(NCC2(c3ccc4c(c3)OCO4)CCOCC2)cn1. The molecule has 0 amide bonds. The van der Waals surface area contributed by atoms with Gasteiger partial charge in [-0.3, -0.25) is 4.98 Å². The molecule has 120 valence electrons. The molecule has 6 nitrogen and oxygen atoms in total. The molecule has 0 unspecified atom stereocenters. The molecule has 4 rings (SSSR count). The van der Waals surface area contributed by atoms with Crippen LogP contribution in [-0.4, -0.2) is 36.5 Å². The number of aromatic nitrogens is 2. The Hall–Kier alpha value is -2.34. The number of nitrogens with one attached hydrogen (secondary N) is 1. The molecule has 0 aliphatic carbocycles. The Morgan fingerprint density at radius 3 is 2.78 bits per heavy atom. The van der Waals surface area contributed by atoms with Gasteiger partial charge in [-0.1, -0.05) is 6.07 Å². The van der Waals surface area contributed by atoms with E-state index in [9.17, 15) is 0 Å². The van der Waals surface area contributed by atoms with Crippen molar-refractivity contribution in [3.63, 3.8) is 0 Å². The van der Waals surface area contributed by atoms with Gasteiger partial charge >= 0.3 is 0 Å². The molecule has 0 spiro atoms. The normalized spacial score (nSPS) is 18.6. The first-order valence-corrected chi connectivity index (χ1v) is 7.84. The summed E-state index contributed by atoms with van der Waals surface area (Å²) in [5.41, 5.74) is 1.25. The molecule has 2 aromatic rings. The molecule has 6 heteroatoms. The third-order valence-electron chi connectivity index (χ3n) is 4.61. The summed E-state index contributed by atoms with van der Waals surface area (Å²) in [5.74, 6) is 2.44. The van der Waals surface area contributed by atoms with E-state index in [1.54, 1.807) is 18.6 Å². The van der Waals surface area contributed by atoms with Crippen molar-refractivity contribution < 1.29 is 14.2 Å². The minimum atomic E-state index is -0.00322. The van der Waals surface area contributed by atoms with Crippen molar-refractivity contribution >= 4 is 5.82 Å². The first-order chi connectivity index (χ1) is 11.4. The molecular weight excluding hydrogens is 294 g/mol. The van der Waals surface area contributed by atoms with Gasteiger partial charge in [0.15, 0.2) is 11.5 Å². The average Bonchev–Trinajstić information content (AvgIpc) is 3.09. The summed E-state index contributed by atoms with van der Waals surface area (Å²) in [7, 11) is 0. The van der Waals surface area contributed by atoms with Gasteiger partial charge in [-0.2, -0.15) is 0 Å². The first kappa shape index (κ1) is 14.3. The fourth-order valence-corrected chi connectivity index (χ4v) is 3.21. The van der Waals surface area contributed by atoms with Gasteiger partial charge in [0.2, 0.25) is 6.79 Å². The molecule has 1 aromatic heterocycles. The summed E-state index contributed by atoms with van der Waals surface area (Å²) >= 11 is 0. The van der Waals surface area contributed by atoms with E-state index >= 15 is 0 Å². The van der Waals surface area contributed by atoms with E-state index in [1.807, 2.05) is 6.07 Å². The lowest BCUT2D eigenvalue weighted by molar-refractivity contribution is 0.0543. The summed E-state index contributed by atoms with van der Waals surface area (Å²) in [5, 5.41) is 3.42. The zero-order chi connectivity index (χ0) is 15.5. The van der Waals surface area contributed by atoms with Crippen molar-refractivity contribution in [2.75, 3.05) is 31.9 Å². The van der Waals surface area contributed by atoms with Crippen LogP contribution in [0, 0.1) is 0 Å². The van der Waals surface area contributed by atoms with Crippen LogP contribution in [0.2, 0.25) is 0 Å². The Morgan fingerprint density at radius 2 is 1.96 bits per heavy atom. The van der Waals surface area contributed by atoms with Crippen molar-refractivity contribution in [1.82, 2.24) is 9.97 Å². The quantitative estimate of drug-likeness (QED) is 0.935. The summed E-state index contributed by atoms with van der Waals surface area (Å²) in [6.07, 6.45) is 7.03. The lowest BCUT2D eigenvalue weighted by atomic mass is 9.74. The molecule has 0 atom stereocenters. The molecule has 2 aliphatic heterocycles. The van der Waals surface area contributed by atoms with Gasteiger partial charge < -0.3 is 19.5 Å². The maximum atomic E-state index is 5.58. The highest BCUT2D eigenvalue weighted by Gasteiger charge is 2.35. The maximum absolute atomic E-state index is 5.58. The molecule has 1 aromatic carbocycles. The number of hydrogen-bond acceptors (Lipinski definition) is 6. The number of anilines is 1. The van der Waals surface area contributed by atoms with Crippen LogP contribution < -0.4 is 14.8 Å². The van der Waals surface area contributed by atoms with Gasteiger partial charge in [0.05, 0.1) is 6.20 Å². The van der Waals surface area contributed by atoms with Crippen molar-refractivity contribution in [3.05, 3.63) is 42.4 Å². The van der Waals surface area contributed by atoms with Gasteiger partial charge in [-0.05, 0) is 30.5 Å². The minimum absolute atomic E-state index is 0.00322. The molecule has 1 fully saturated rings. The van der Waals surface area contributed by atoms with Crippen molar-refractivity contribution in [2.24, 2.45) is 0 Å². The van der Waals surface area contributed by atoms with E-state index in [0.717, 1.165) is 49.9 Å². The minimum Gasteiger partial charge on any atom is -0.454 e. The second-order valence-electron chi connectivity index (χ2n) is 5.90. The van der Waals surface area contributed by atoms with Gasteiger partial charge in [-0.15, -0.1) is 0 Å². The summed E-state index contributed by atoms with van der Waals surface area (Å²) in [6.45, 7) is 2.61. The summed E-state index contributed by atoms with van der Waals surface area (Å²) in [6, 6.07) is 6.24. The van der Waals surface area contributed by atoms with E-state index in [1.165, 1.54) is 5.56 Å². The largest absolute Gasteiger partial charge is 0.454 e. The van der Waals surface area contributed by atoms with Gasteiger partial charge in [0.25, 0.3) is 0 Å². The Balaban J connectivity index is 1.61. The zero-order valence-corrected chi connectivity index (χ0v) is 12.8. The Kier molecular flexibility index (Phi) is 3.75. The van der Waals surface area contributed by atoms with Gasteiger partial charge in [0, 0.05) is 37.6 Å². The van der Waals surface area contributed by atoms with Crippen LogP contribution in [0.4, 0.5) is 5.82 Å².